The molecule has 1 heterocycles. The molecule has 0 aliphatic heterocycles. The number of halogens is 1. The van der Waals surface area contributed by atoms with Gasteiger partial charge in [-0.2, -0.15) is 5.26 Å². The number of hydrogen-bond acceptors (Lipinski definition) is 2. The average Bonchev–Trinajstić information content (AvgIpc) is 2.96. The molecule has 5 heteroatoms. The maximum atomic E-state index is 12.2. The Morgan fingerprint density at radius 2 is 2.05 bits per heavy atom. The highest BCUT2D eigenvalue weighted by Gasteiger charge is 2.10. The Morgan fingerprint density at radius 1 is 1.19 bits per heavy atom. The van der Waals surface area contributed by atoms with E-state index in [1.807, 2.05) is 24.4 Å². The van der Waals surface area contributed by atoms with Gasteiger partial charge in [-0.15, -0.1) is 0 Å². The lowest BCUT2D eigenvalue weighted by atomic mass is 10.1. The first-order valence-electron chi connectivity index (χ1n) is 6.25. The zero-order chi connectivity index (χ0) is 14.8. The fraction of sp³-hybridized carbons (Fsp3) is 0. The van der Waals surface area contributed by atoms with Crippen molar-refractivity contribution in [2.45, 2.75) is 0 Å². The summed E-state index contributed by atoms with van der Waals surface area (Å²) >= 11 is 6.05. The molecule has 0 spiro atoms. The van der Waals surface area contributed by atoms with Gasteiger partial charge in [-0.1, -0.05) is 11.6 Å². The van der Waals surface area contributed by atoms with Crippen LogP contribution in [0.4, 0.5) is 5.69 Å². The van der Waals surface area contributed by atoms with Crippen LogP contribution in [-0.4, -0.2) is 10.9 Å². The van der Waals surface area contributed by atoms with Gasteiger partial charge >= 0.3 is 0 Å². The largest absolute Gasteiger partial charge is 0.361 e. The van der Waals surface area contributed by atoms with Crippen molar-refractivity contribution in [3.05, 3.63) is 64.8 Å². The van der Waals surface area contributed by atoms with Crippen LogP contribution in [0.25, 0.3) is 10.9 Å². The van der Waals surface area contributed by atoms with Crippen molar-refractivity contribution in [3.8, 4) is 6.07 Å². The molecule has 0 fully saturated rings. The highest BCUT2D eigenvalue weighted by Crippen LogP contribution is 2.24. The zero-order valence-corrected chi connectivity index (χ0v) is 11.6. The Labute approximate surface area is 126 Å². The van der Waals surface area contributed by atoms with Gasteiger partial charge in [0, 0.05) is 22.7 Å². The fourth-order valence-corrected chi connectivity index (χ4v) is 2.30. The summed E-state index contributed by atoms with van der Waals surface area (Å²) in [6.45, 7) is 0. The molecule has 1 aromatic heterocycles. The second-order valence-corrected chi connectivity index (χ2v) is 4.95. The molecule has 3 aromatic rings. The Bertz CT molecular complexity index is 877. The van der Waals surface area contributed by atoms with E-state index < -0.39 is 0 Å². The molecule has 0 saturated heterocycles. The molecule has 0 saturated carbocycles. The van der Waals surface area contributed by atoms with E-state index in [4.69, 9.17) is 16.9 Å². The second-order valence-electron chi connectivity index (χ2n) is 4.54. The Balaban J connectivity index is 1.87. The number of aromatic amines is 1. The number of carbonyl (C=O) groups excluding carboxylic acids is 1. The number of carbonyl (C=O) groups is 1. The average molecular weight is 296 g/mol. The van der Waals surface area contributed by atoms with Crippen LogP contribution in [0.5, 0.6) is 0 Å². The molecule has 0 radical (unpaired) electrons. The molecule has 3 rings (SSSR count). The van der Waals surface area contributed by atoms with Gasteiger partial charge in [0.15, 0.2) is 0 Å². The fourth-order valence-electron chi connectivity index (χ4n) is 2.08. The van der Waals surface area contributed by atoms with Gasteiger partial charge in [0.25, 0.3) is 5.91 Å². The molecule has 102 valence electrons. The Kier molecular flexibility index (Phi) is 3.35. The highest BCUT2D eigenvalue weighted by molar-refractivity contribution is 6.34. The van der Waals surface area contributed by atoms with E-state index >= 15 is 0 Å². The third-order valence-electron chi connectivity index (χ3n) is 3.16. The van der Waals surface area contributed by atoms with Crippen LogP contribution in [-0.2, 0) is 0 Å². The van der Waals surface area contributed by atoms with Crippen molar-refractivity contribution < 1.29 is 4.79 Å². The minimum Gasteiger partial charge on any atom is -0.361 e. The maximum Gasteiger partial charge on any atom is 0.255 e. The molecular formula is C16H10ClN3O. The SMILES string of the molecule is N#Cc1ccc(NC(=O)c2ccc3[nH]ccc3c2)c(Cl)c1. The van der Waals surface area contributed by atoms with Crippen molar-refractivity contribution in [2.24, 2.45) is 0 Å². The summed E-state index contributed by atoms with van der Waals surface area (Å²) in [6, 6.07) is 14.0. The molecule has 0 unspecified atom stereocenters. The molecule has 21 heavy (non-hydrogen) atoms. The van der Waals surface area contributed by atoms with Crippen LogP contribution in [0.2, 0.25) is 5.02 Å². The summed E-state index contributed by atoms with van der Waals surface area (Å²) in [5.41, 5.74) is 2.45. The normalized spacial score (nSPS) is 10.3. The summed E-state index contributed by atoms with van der Waals surface area (Å²) in [7, 11) is 0. The first kappa shape index (κ1) is 13.2. The number of nitrogens with one attached hydrogen (secondary N) is 2. The van der Waals surface area contributed by atoms with E-state index in [1.165, 1.54) is 6.07 Å². The van der Waals surface area contributed by atoms with Crippen LogP contribution < -0.4 is 5.32 Å². The predicted molar refractivity (Wildman–Crippen MR) is 82.4 cm³/mol. The molecule has 0 atom stereocenters. The van der Waals surface area contributed by atoms with E-state index in [-0.39, 0.29) is 5.91 Å². The third-order valence-corrected chi connectivity index (χ3v) is 3.47. The molecule has 2 N–H and O–H groups in total. The number of hydrogen-bond donors (Lipinski definition) is 2. The van der Waals surface area contributed by atoms with Crippen LogP contribution >= 0.6 is 11.6 Å². The van der Waals surface area contributed by atoms with E-state index in [0.29, 0.717) is 21.8 Å². The predicted octanol–water partition coefficient (Wildman–Crippen LogP) is 3.95. The van der Waals surface area contributed by atoms with Crippen LogP contribution in [0.1, 0.15) is 15.9 Å². The lowest BCUT2D eigenvalue weighted by Crippen LogP contribution is -2.12. The van der Waals surface area contributed by atoms with Crippen molar-refractivity contribution in [1.29, 1.82) is 5.26 Å². The number of anilines is 1. The quantitative estimate of drug-likeness (QED) is 0.751. The van der Waals surface area contributed by atoms with Crippen LogP contribution in [0.3, 0.4) is 0 Å². The lowest BCUT2D eigenvalue weighted by molar-refractivity contribution is 0.102. The summed E-state index contributed by atoms with van der Waals surface area (Å²) < 4.78 is 0. The van der Waals surface area contributed by atoms with Crippen molar-refractivity contribution in [1.82, 2.24) is 4.98 Å². The number of aromatic nitrogens is 1. The number of benzene rings is 2. The van der Waals surface area contributed by atoms with Gasteiger partial charge in [-0.25, -0.2) is 0 Å². The molecule has 0 aliphatic rings. The summed E-state index contributed by atoms with van der Waals surface area (Å²) in [6.07, 6.45) is 1.82. The molecule has 2 aromatic carbocycles. The van der Waals surface area contributed by atoms with Crippen molar-refractivity contribution in [3.63, 3.8) is 0 Å². The monoisotopic (exact) mass is 295 g/mol. The Morgan fingerprint density at radius 3 is 2.81 bits per heavy atom. The lowest BCUT2D eigenvalue weighted by Gasteiger charge is -2.07. The first-order chi connectivity index (χ1) is 10.2. The van der Waals surface area contributed by atoms with Crippen molar-refractivity contribution >= 4 is 34.1 Å². The minimum absolute atomic E-state index is 0.246. The van der Waals surface area contributed by atoms with Gasteiger partial charge in [-0.05, 0) is 42.5 Å². The first-order valence-corrected chi connectivity index (χ1v) is 6.63. The molecule has 0 bridgehead atoms. The van der Waals surface area contributed by atoms with Crippen LogP contribution in [0, 0.1) is 11.3 Å². The van der Waals surface area contributed by atoms with Gasteiger partial charge in [-0.3, -0.25) is 4.79 Å². The number of fused-ring (bicyclic) bond motifs is 1. The van der Waals surface area contributed by atoms with Gasteiger partial charge in [0.05, 0.1) is 22.3 Å². The molecule has 1 amide bonds. The van der Waals surface area contributed by atoms with Gasteiger partial charge in [0.2, 0.25) is 0 Å². The smallest absolute Gasteiger partial charge is 0.255 e. The van der Waals surface area contributed by atoms with Crippen LogP contribution in [0.15, 0.2) is 48.7 Å². The van der Waals surface area contributed by atoms with Gasteiger partial charge in [0.1, 0.15) is 0 Å². The topological polar surface area (TPSA) is 68.7 Å². The second kappa shape index (κ2) is 5.31. The van der Waals surface area contributed by atoms with E-state index in [2.05, 4.69) is 10.3 Å². The summed E-state index contributed by atoms with van der Waals surface area (Å²) in [5, 5.41) is 12.8. The van der Waals surface area contributed by atoms with E-state index in [0.717, 1.165) is 10.9 Å². The summed E-state index contributed by atoms with van der Waals surface area (Å²) in [5.74, 6) is -0.246. The highest BCUT2D eigenvalue weighted by atomic mass is 35.5. The number of nitrogens with zero attached hydrogens (tertiary/aromatic N) is 1. The number of nitriles is 1. The third kappa shape index (κ3) is 2.60. The minimum atomic E-state index is -0.246. The number of amides is 1. The van der Waals surface area contributed by atoms with E-state index in [1.54, 1.807) is 24.3 Å². The van der Waals surface area contributed by atoms with Gasteiger partial charge < -0.3 is 10.3 Å². The van der Waals surface area contributed by atoms with E-state index in [9.17, 15) is 4.79 Å². The molecular weight excluding hydrogens is 286 g/mol. The maximum absolute atomic E-state index is 12.2. The summed E-state index contributed by atoms with van der Waals surface area (Å²) in [4.78, 5) is 15.3. The zero-order valence-electron chi connectivity index (χ0n) is 10.9. The molecule has 0 aliphatic carbocycles. The Hall–Kier alpha value is -2.77. The number of rotatable bonds is 2. The standard InChI is InChI=1S/C16H10ClN3O/c17-13-7-10(9-18)1-3-15(13)20-16(21)12-2-4-14-11(8-12)5-6-19-14/h1-8,19H,(H,20,21). The van der Waals surface area contributed by atoms with Crippen molar-refractivity contribution in [2.75, 3.05) is 5.32 Å². The molecule has 4 nitrogen and oxygen atoms in total. The number of H-pyrrole nitrogens is 1.